The fraction of sp³-hybridized carbons (Fsp3) is 0.833. The lowest BCUT2D eigenvalue weighted by Crippen LogP contribution is -2.34. The number of hydrogen-bond donors (Lipinski definition) is 0. The van der Waals surface area contributed by atoms with E-state index < -0.39 is 0 Å². The summed E-state index contributed by atoms with van der Waals surface area (Å²) in [5.74, 6) is 0. The molecule has 0 aromatic rings. The summed E-state index contributed by atoms with van der Waals surface area (Å²) in [5.41, 5.74) is 0. The minimum Gasteiger partial charge on any atom is -0.368 e. The van der Waals surface area contributed by atoms with Gasteiger partial charge in [0.25, 0.3) is 0 Å². The standard InChI is InChI=1S/C6H12NSSi/c1-5(2)7(4-9)6(3)8/h5H,4H2,1-3H3. The molecule has 0 fully saturated rings. The Balaban J connectivity index is 3.83. The van der Waals surface area contributed by atoms with Gasteiger partial charge in [-0.3, -0.25) is 0 Å². The van der Waals surface area contributed by atoms with Gasteiger partial charge in [0.1, 0.15) is 0 Å². The molecule has 0 aliphatic carbocycles. The number of thiocarbonyl (C=S) groups is 1. The first-order valence-corrected chi connectivity index (χ1v) is 4.13. The lowest BCUT2D eigenvalue weighted by molar-refractivity contribution is 0.404. The van der Waals surface area contributed by atoms with Crippen molar-refractivity contribution in [1.29, 1.82) is 0 Å². The van der Waals surface area contributed by atoms with Crippen molar-refractivity contribution in [3.8, 4) is 0 Å². The topological polar surface area (TPSA) is 3.24 Å². The Morgan fingerprint density at radius 3 is 2.11 bits per heavy atom. The Morgan fingerprint density at radius 1 is 1.67 bits per heavy atom. The van der Waals surface area contributed by atoms with Crippen LogP contribution in [0.3, 0.4) is 0 Å². The Kier molecular flexibility index (Phi) is 4.06. The largest absolute Gasteiger partial charge is 0.368 e. The molecule has 0 saturated heterocycles. The summed E-state index contributed by atoms with van der Waals surface area (Å²) in [5, 5.41) is 0. The first-order chi connectivity index (χ1) is 4.09. The molecule has 0 spiro atoms. The molecule has 0 aliphatic rings. The summed E-state index contributed by atoms with van der Waals surface area (Å²) < 4.78 is 0. The molecule has 0 amide bonds. The monoisotopic (exact) mass is 158 g/mol. The van der Waals surface area contributed by atoms with Crippen molar-refractivity contribution in [2.75, 3.05) is 6.17 Å². The van der Waals surface area contributed by atoms with E-state index in [1.165, 1.54) is 0 Å². The van der Waals surface area contributed by atoms with Gasteiger partial charge < -0.3 is 4.90 Å². The van der Waals surface area contributed by atoms with Gasteiger partial charge >= 0.3 is 0 Å². The highest BCUT2D eigenvalue weighted by atomic mass is 32.1. The normalized spacial score (nSPS) is 9.89. The van der Waals surface area contributed by atoms with E-state index in [9.17, 15) is 0 Å². The summed E-state index contributed by atoms with van der Waals surface area (Å²) in [6, 6.07) is 0.500. The molecule has 0 aliphatic heterocycles. The average molecular weight is 158 g/mol. The van der Waals surface area contributed by atoms with Gasteiger partial charge in [0, 0.05) is 12.2 Å². The lowest BCUT2D eigenvalue weighted by atomic mass is 10.3. The molecule has 0 N–H and O–H groups in total. The van der Waals surface area contributed by atoms with E-state index in [2.05, 4.69) is 29.0 Å². The Labute approximate surface area is 65.9 Å². The van der Waals surface area contributed by atoms with Gasteiger partial charge in [0.15, 0.2) is 0 Å². The van der Waals surface area contributed by atoms with E-state index in [1.807, 2.05) is 6.92 Å². The van der Waals surface area contributed by atoms with E-state index in [-0.39, 0.29) is 0 Å². The zero-order valence-corrected chi connectivity index (χ0v) is 7.96. The molecule has 9 heavy (non-hydrogen) atoms. The molecule has 3 heteroatoms. The highest BCUT2D eigenvalue weighted by Gasteiger charge is 2.04. The summed E-state index contributed by atoms with van der Waals surface area (Å²) in [7, 11) is 3.40. The SMILES string of the molecule is CC(=S)N(C[Si])C(C)C. The highest BCUT2D eigenvalue weighted by molar-refractivity contribution is 7.80. The van der Waals surface area contributed by atoms with Crippen LogP contribution in [0.5, 0.6) is 0 Å². The van der Waals surface area contributed by atoms with E-state index in [0.717, 1.165) is 11.2 Å². The van der Waals surface area contributed by atoms with Crippen molar-refractivity contribution in [3.63, 3.8) is 0 Å². The molecule has 1 nitrogen and oxygen atoms in total. The van der Waals surface area contributed by atoms with Gasteiger partial charge in [0.05, 0.1) is 15.2 Å². The smallest absolute Gasteiger partial charge is 0.0747 e. The maximum Gasteiger partial charge on any atom is 0.0747 e. The Morgan fingerprint density at radius 2 is 2.11 bits per heavy atom. The summed E-state index contributed by atoms with van der Waals surface area (Å²) in [6.07, 6.45) is 0.826. The van der Waals surface area contributed by atoms with Crippen molar-refractivity contribution in [1.82, 2.24) is 4.90 Å². The van der Waals surface area contributed by atoms with Gasteiger partial charge in [-0.2, -0.15) is 0 Å². The van der Waals surface area contributed by atoms with Crippen molar-refractivity contribution < 1.29 is 0 Å². The third kappa shape index (κ3) is 2.96. The number of hydrogen-bond acceptors (Lipinski definition) is 1. The van der Waals surface area contributed by atoms with E-state index in [4.69, 9.17) is 12.2 Å². The summed E-state index contributed by atoms with van der Waals surface area (Å²) in [4.78, 5) is 3.05. The van der Waals surface area contributed by atoms with Crippen LogP contribution in [0.2, 0.25) is 0 Å². The first kappa shape index (κ1) is 9.11. The molecular formula is C6H12NSSi. The predicted molar refractivity (Wildman–Crippen MR) is 45.9 cm³/mol. The maximum atomic E-state index is 4.99. The van der Waals surface area contributed by atoms with Crippen molar-refractivity contribution >= 4 is 27.4 Å². The minimum atomic E-state index is 0.500. The zero-order chi connectivity index (χ0) is 7.44. The molecule has 0 saturated carbocycles. The maximum absolute atomic E-state index is 4.99. The lowest BCUT2D eigenvalue weighted by Gasteiger charge is -2.25. The third-order valence-electron chi connectivity index (χ3n) is 1.20. The Hall–Kier alpha value is 0.107. The summed E-state index contributed by atoms with van der Waals surface area (Å²) >= 11 is 4.99. The van der Waals surface area contributed by atoms with E-state index >= 15 is 0 Å². The minimum absolute atomic E-state index is 0.500. The van der Waals surface area contributed by atoms with Gasteiger partial charge in [-0.1, -0.05) is 12.2 Å². The van der Waals surface area contributed by atoms with Crippen LogP contribution >= 0.6 is 12.2 Å². The van der Waals surface area contributed by atoms with E-state index in [1.54, 1.807) is 0 Å². The molecule has 0 rings (SSSR count). The number of nitrogens with zero attached hydrogens (tertiary/aromatic N) is 1. The fourth-order valence-corrected chi connectivity index (χ4v) is 1.65. The third-order valence-corrected chi connectivity index (χ3v) is 1.77. The summed E-state index contributed by atoms with van der Waals surface area (Å²) in [6.45, 7) is 6.18. The fourth-order valence-electron chi connectivity index (χ4n) is 0.658. The van der Waals surface area contributed by atoms with Crippen molar-refractivity contribution in [3.05, 3.63) is 0 Å². The van der Waals surface area contributed by atoms with Crippen LogP contribution in [0.4, 0.5) is 0 Å². The van der Waals surface area contributed by atoms with Gasteiger partial charge in [-0.25, -0.2) is 0 Å². The van der Waals surface area contributed by atoms with E-state index in [0.29, 0.717) is 6.04 Å². The molecule has 0 aromatic carbocycles. The highest BCUT2D eigenvalue weighted by Crippen LogP contribution is 1.97. The average Bonchev–Trinajstić information content (AvgIpc) is 1.64. The molecular weight excluding hydrogens is 146 g/mol. The Bertz CT molecular complexity index is 103. The first-order valence-electron chi connectivity index (χ1n) is 3.01. The van der Waals surface area contributed by atoms with Crippen LogP contribution in [0, 0.1) is 0 Å². The van der Waals surface area contributed by atoms with Crippen LogP contribution in [-0.2, 0) is 0 Å². The molecule has 0 aromatic heterocycles. The van der Waals surface area contributed by atoms with Crippen LogP contribution < -0.4 is 0 Å². The molecule has 0 bridgehead atoms. The molecule has 0 unspecified atom stereocenters. The molecule has 0 atom stereocenters. The van der Waals surface area contributed by atoms with Gasteiger partial charge in [-0.05, 0) is 20.8 Å². The predicted octanol–water partition coefficient (Wildman–Crippen LogP) is 1.17. The van der Waals surface area contributed by atoms with Crippen LogP contribution in [-0.4, -0.2) is 32.3 Å². The van der Waals surface area contributed by atoms with Crippen LogP contribution in [0.15, 0.2) is 0 Å². The molecule has 3 radical (unpaired) electrons. The van der Waals surface area contributed by atoms with Gasteiger partial charge in [-0.15, -0.1) is 0 Å². The molecule has 0 heterocycles. The van der Waals surface area contributed by atoms with Crippen LogP contribution in [0.1, 0.15) is 20.8 Å². The van der Waals surface area contributed by atoms with Crippen molar-refractivity contribution in [2.24, 2.45) is 0 Å². The quantitative estimate of drug-likeness (QED) is 0.438. The zero-order valence-electron chi connectivity index (χ0n) is 6.14. The van der Waals surface area contributed by atoms with Crippen molar-refractivity contribution in [2.45, 2.75) is 26.8 Å². The van der Waals surface area contributed by atoms with Crippen LogP contribution in [0.25, 0.3) is 0 Å². The second-order valence-corrected chi connectivity index (χ2v) is 3.15. The van der Waals surface area contributed by atoms with Gasteiger partial charge in [0.2, 0.25) is 0 Å². The number of rotatable bonds is 2. The molecule has 51 valence electrons. The second-order valence-electron chi connectivity index (χ2n) is 2.24. The second kappa shape index (κ2) is 4.01.